The van der Waals surface area contributed by atoms with E-state index in [1.165, 1.54) is 4.90 Å². The van der Waals surface area contributed by atoms with E-state index in [4.69, 9.17) is 16.4 Å². The average Bonchev–Trinajstić information content (AvgIpc) is 3.40. The van der Waals surface area contributed by atoms with Crippen LogP contribution in [0.15, 0.2) is 66.0 Å². The smallest absolute Gasteiger partial charge is 0.266 e. The van der Waals surface area contributed by atoms with Gasteiger partial charge in [0.2, 0.25) is 5.91 Å². The van der Waals surface area contributed by atoms with Crippen molar-refractivity contribution in [1.29, 1.82) is 0 Å². The minimum Gasteiger partial charge on any atom is -0.273 e. The molecule has 3 atom stereocenters. The second-order valence-electron chi connectivity index (χ2n) is 7.12. The number of halogens is 1. The maximum atomic E-state index is 13.4. The first-order chi connectivity index (χ1) is 14.1. The highest BCUT2D eigenvalue weighted by Crippen LogP contribution is 2.49. The zero-order chi connectivity index (χ0) is 20.1. The third-order valence-electron chi connectivity index (χ3n) is 5.37. The van der Waals surface area contributed by atoms with Crippen LogP contribution in [0.2, 0.25) is 5.02 Å². The van der Waals surface area contributed by atoms with Crippen LogP contribution in [-0.2, 0) is 14.4 Å². The van der Waals surface area contributed by atoms with Crippen molar-refractivity contribution >= 4 is 46.1 Å². The summed E-state index contributed by atoms with van der Waals surface area (Å²) in [6, 6.07) is 18.1. The Labute approximate surface area is 177 Å². The molecular formula is C22H17ClN2O3S. The van der Waals surface area contributed by atoms with Gasteiger partial charge in [0.15, 0.2) is 6.10 Å². The summed E-state index contributed by atoms with van der Waals surface area (Å²) in [6.07, 6.45) is -0.867. The number of hydrogen-bond acceptors (Lipinski definition) is 5. The highest BCUT2D eigenvalue weighted by molar-refractivity contribution is 7.10. The number of amides is 2. The van der Waals surface area contributed by atoms with E-state index in [1.54, 1.807) is 40.7 Å². The average molecular weight is 425 g/mol. The Morgan fingerprint density at radius 1 is 1.00 bits per heavy atom. The zero-order valence-corrected chi connectivity index (χ0v) is 17.1. The summed E-state index contributed by atoms with van der Waals surface area (Å²) >= 11 is 7.63. The Morgan fingerprint density at radius 2 is 1.83 bits per heavy atom. The molecule has 0 N–H and O–H groups in total. The van der Waals surface area contributed by atoms with E-state index in [0.29, 0.717) is 10.7 Å². The number of fused-ring (bicyclic) bond motifs is 1. The van der Waals surface area contributed by atoms with Gasteiger partial charge in [-0.1, -0.05) is 41.9 Å². The van der Waals surface area contributed by atoms with Gasteiger partial charge in [-0.15, -0.1) is 11.3 Å². The fourth-order valence-electron chi connectivity index (χ4n) is 4.05. The molecule has 0 aliphatic carbocycles. The molecule has 7 heteroatoms. The Kier molecular flexibility index (Phi) is 4.42. The Bertz CT molecular complexity index is 1100. The zero-order valence-electron chi connectivity index (χ0n) is 15.5. The lowest BCUT2D eigenvalue weighted by molar-refractivity contribution is -0.126. The van der Waals surface area contributed by atoms with E-state index in [-0.39, 0.29) is 17.9 Å². The number of aryl methyl sites for hydroxylation is 1. The van der Waals surface area contributed by atoms with Gasteiger partial charge in [-0.2, -0.15) is 0 Å². The number of para-hydroxylation sites is 1. The predicted molar refractivity (Wildman–Crippen MR) is 113 cm³/mol. The molecule has 0 unspecified atom stereocenters. The van der Waals surface area contributed by atoms with Gasteiger partial charge in [-0.3, -0.25) is 14.4 Å². The lowest BCUT2D eigenvalue weighted by Crippen LogP contribution is -2.37. The maximum absolute atomic E-state index is 13.4. The first-order valence-electron chi connectivity index (χ1n) is 9.24. The van der Waals surface area contributed by atoms with Crippen LogP contribution in [-0.4, -0.2) is 17.9 Å². The van der Waals surface area contributed by atoms with Gasteiger partial charge in [0.25, 0.3) is 5.91 Å². The van der Waals surface area contributed by atoms with Crippen LogP contribution in [0.4, 0.5) is 11.4 Å². The molecule has 2 aromatic carbocycles. The quantitative estimate of drug-likeness (QED) is 0.569. The van der Waals surface area contributed by atoms with Crippen molar-refractivity contribution in [3.63, 3.8) is 0 Å². The largest absolute Gasteiger partial charge is 0.273 e. The summed E-state index contributed by atoms with van der Waals surface area (Å²) in [7, 11) is 0. The number of nitrogens with zero attached hydrogens (tertiary/aromatic N) is 2. The van der Waals surface area contributed by atoms with Crippen molar-refractivity contribution in [3.05, 3.63) is 81.5 Å². The van der Waals surface area contributed by atoms with Crippen molar-refractivity contribution < 1.29 is 14.4 Å². The van der Waals surface area contributed by atoms with Crippen molar-refractivity contribution in [1.82, 2.24) is 0 Å². The van der Waals surface area contributed by atoms with Crippen LogP contribution in [0.5, 0.6) is 0 Å². The lowest BCUT2D eigenvalue weighted by atomic mass is 9.95. The third kappa shape index (κ3) is 2.87. The highest BCUT2D eigenvalue weighted by atomic mass is 35.5. The summed E-state index contributed by atoms with van der Waals surface area (Å²) in [5, 5.41) is 4.17. The van der Waals surface area contributed by atoms with Crippen molar-refractivity contribution in [2.75, 3.05) is 9.96 Å². The molecule has 3 aromatic rings. The van der Waals surface area contributed by atoms with Crippen LogP contribution in [0.1, 0.15) is 16.5 Å². The molecular weight excluding hydrogens is 408 g/mol. The van der Waals surface area contributed by atoms with Gasteiger partial charge in [0.05, 0.1) is 11.4 Å². The van der Waals surface area contributed by atoms with E-state index in [0.717, 1.165) is 16.1 Å². The number of hydrogen-bond donors (Lipinski definition) is 0. The van der Waals surface area contributed by atoms with Crippen molar-refractivity contribution in [2.45, 2.75) is 19.1 Å². The first kappa shape index (κ1) is 18.4. The lowest BCUT2D eigenvalue weighted by Gasteiger charge is -2.28. The van der Waals surface area contributed by atoms with Gasteiger partial charge >= 0.3 is 0 Å². The molecule has 5 nitrogen and oxygen atoms in total. The van der Waals surface area contributed by atoms with Crippen LogP contribution in [0.3, 0.4) is 0 Å². The predicted octanol–water partition coefficient (Wildman–Crippen LogP) is 4.76. The van der Waals surface area contributed by atoms with Gasteiger partial charge in [-0.05, 0) is 48.2 Å². The van der Waals surface area contributed by atoms with Gasteiger partial charge in [0.1, 0.15) is 12.0 Å². The topological polar surface area (TPSA) is 49.9 Å². The van der Waals surface area contributed by atoms with Crippen LogP contribution < -0.4 is 9.96 Å². The fraction of sp³-hybridized carbons (Fsp3) is 0.182. The molecule has 5 rings (SSSR count). The summed E-state index contributed by atoms with van der Waals surface area (Å²) in [5.41, 5.74) is 2.34. The second-order valence-corrected chi connectivity index (χ2v) is 8.53. The van der Waals surface area contributed by atoms with Crippen molar-refractivity contribution in [2.24, 2.45) is 5.92 Å². The number of imide groups is 1. The van der Waals surface area contributed by atoms with Gasteiger partial charge in [0, 0.05) is 9.90 Å². The van der Waals surface area contributed by atoms with Gasteiger partial charge in [-0.25, -0.2) is 9.96 Å². The maximum Gasteiger partial charge on any atom is 0.266 e. The first-order valence-corrected chi connectivity index (χ1v) is 10.5. The number of carbonyl (C=O) groups excluding carboxylic acids is 2. The third-order valence-corrected chi connectivity index (χ3v) is 6.55. The standard InChI is InChI=1S/C22H17ClN2O3S/c1-13-6-2-3-9-16(13)25-19(17-10-5-11-29-17)18-20(28-25)22(27)24(21(18)26)15-8-4-7-14(23)12-15/h2-12,18-20H,1H3/t18-,19+,20+/m1/s1. The number of carbonyl (C=O) groups is 2. The molecule has 0 saturated carbocycles. The molecule has 1 aromatic heterocycles. The monoisotopic (exact) mass is 424 g/mol. The molecule has 0 bridgehead atoms. The molecule has 29 heavy (non-hydrogen) atoms. The molecule has 3 heterocycles. The summed E-state index contributed by atoms with van der Waals surface area (Å²) in [4.78, 5) is 35.0. The molecule has 2 fully saturated rings. The fourth-order valence-corrected chi connectivity index (χ4v) is 5.09. The Balaban J connectivity index is 1.59. The van der Waals surface area contributed by atoms with Crippen LogP contribution >= 0.6 is 22.9 Å². The normalized spacial score (nSPS) is 23.7. The number of hydroxylamine groups is 1. The van der Waals surface area contributed by atoms with E-state index < -0.39 is 12.0 Å². The number of benzene rings is 2. The van der Waals surface area contributed by atoms with E-state index in [9.17, 15) is 9.59 Å². The minimum absolute atomic E-state index is 0.267. The summed E-state index contributed by atoms with van der Waals surface area (Å²) < 4.78 is 0. The summed E-state index contributed by atoms with van der Waals surface area (Å²) in [5.74, 6) is -1.25. The number of thiophene rings is 1. The minimum atomic E-state index is -0.867. The van der Waals surface area contributed by atoms with Crippen LogP contribution in [0, 0.1) is 12.8 Å². The second kappa shape index (κ2) is 6.99. The Hall–Kier alpha value is -2.67. The van der Waals surface area contributed by atoms with E-state index in [2.05, 4.69) is 0 Å². The molecule has 2 amide bonds. The number of anilines is 2. The molecule has 0 radical (unpaired) electrons. The molecule has 2 aliphatic rings. The van der Waals surface area contributed by atoms with Gasteiger partial charge < -0.3 is 0 Å². The molecule has 2 aliphatic heterocycles. The number of rotatable bonds is 3. The SMILES string of the molecule is Cc1ccccc1N1O[C@@H]2C(=O)N(c3cccc(Cl)c3)C(=O)[C@@H]2[C@@H]1c1cccs1. The molecule has 0 spiro atoms. The Morgan fingerprint density at radius 3 is 2.55 bits per heavy atom. The summed E-state index contributed by atoms with van der Waals surface area (Å²) in [6.45, 7) is 1.99. The van der Waals surface area contributed by atoms with E-state index >= 15 is 0 Å². The van der Waals surface area contributed by atoms with Crippen LogP contribution in [0.25, 0.3) is 0 Å². The highest BCUT2D eigenvalue weighted by Gasteiger charge is 2.60. The van der Waals surface area contributed by atoms with Crippen molar-refractivity contribution in [3.8, 4) is 0 Å². The van der Waals surface area contributed by atoms with E-state index in [1.807, 2.05) is 48.7 Å². The molecule has 2 saturated heterocycles. The molecule has 146 valence electrons.